The van der Waals surface area contributed by atoms with Crippen LogP contribution in [0, 0.1) is 0 Å². The molecule has 4 rings (SSSR count). The van der Waals surface area contributed by atoms with Crippen molar-refractivity contribution in [1.29, 1.82) is 0 Å². The Balaban J connectivity index is 1.46. The smallest absolute Gasteiger partial charge is 0.338 e. The van der Waals surface area contributed by atoms with Crippen LogP contribution in [0.4, 0.5) is 5.69 Å². The maximum absolute atomic E-state index is 13.0. The molecule has 1 amide bonds. The summed E-state index contributed by atoms with van der Waals surface area (Å²) >= 11 is 0. The van der Waals surface area contributed by atoms with Gasteiger partial charge in [0.15, 0.2) is 12.4 Å². The van der Waals surface area contributed by atoms with Gasteiger partial charge in [-0.05, 0) is 61.5 Å². The molecule has 33 heavy (non-hydrogen) atoms. The number of ether oxygens (including phenoxy) is 2. The lowest BCUT2D eigenvalue weighted by atomic mass is 10.0. The van der Waals surface area contributed by atoms with Crippen molar-refractivity contribution < 1.29 is 32.3 Å². The summed E-state index contributed by atoms with van der Waals surface area (Å²) in [6.07, 6.45) is 0. The molecule has 1 aliphatic rings. The Morgan fingerprint density at radius 1 is 0.909 bits per heavy atom. The predicted octanol–water partition coefficient (Wildman–Crippen LogP) is 3.26. The summed E-state index contributed by atoms with van der Waals surface area (Å²) in [6.45, 7) is 1.81. The van der Waals surface area contributed by atoms with Crippen molar-refractivity contribution in [2.45, 2.75) is 16.7 Å². The molecule has 0 aromatic heterocycles. The highest BCUT2D eigenvalue weighted by Crippen LogP contribution is 2.34. The standard InChI is InChI=1S/C24H19NO7S/c1-2-31-17-10-8-16(9-11-17)25-22(26)14-32-24(28)15-7-12-19-21(13-15)33(29,30)20-6-4-3-5-18(20)23(19)27/h3-13H,2,14H2,1H3,(H,25,26). The Labute approximate surface area is 190 Å². The van der Waals surface area contributed by atoms with Gasteiger partial charge in [0.25, 0.3) is 5.91 Å². The van der Waals surface area contributed by atoms with Gasteiger partial charge in [-0.25, -0.2) is 13.2 Å². The Bertz CT molecular complexity index is 1360. The van der Waals surface area contributed by atoms with Crippen molar-refractivity contribution in [3.05, 3.63) is 83.4 Å². The first-order chi connectivity index (χ1) is 15.8. The molecule has 1 heterocycles. The van der Waals surface area contributed by atoms with Crippen LogP contribution in [-0.4, -0.2) is 39.3 Å². The summed E-state index contributed by atoms with van der Waals surface area (Å²) in [7, 11) is -3.99. The number of esters is 1. The lowest BCUT2D eigenvalue weighted by Gasteiger charge is -2.19. The number of carbonyl (C=O) groups is 3. The van der Waals surface area contributed by atoms with Gasteiger partial charge in [0.1, 0.15) is 5.75 Å². The van der Waals surface area contributed by atoms with E-state index in [0.29, 0.717) is 18.0 Å². The molecule has 0 bridgehead atoms. The first kappa shape index (κ1) is 22.2. The van der Waals surface area contributed by atoms with Crippen LogP contribution in [0.15, 0.2) is 76.5 Å². The van der Waals surface area contributed by atoms with Gasteiger partial charge in [-0.3, -0.25) is 9.59 Å². The summed E-state index contributed by atoms with van der Waals surface area (Å²) in [5.74, 6) is -1.24. The molecule has 8 nitrogen and oxygen atoms in total. The van der Waals surface area contributed by atoms with Crippen LogP contribution in [0.2, 0.25) is 0 Å². The zero-order valence-corrected chi connectivity index (χ0v) is 18.3. The normalized spacial score (nSPS) is 13.4. The number of hydrogen-bond acceptors (Lipinski definition) is 7. The zero-order valence-electron chi connectivity index (χ0n) is 17.5. The van der Waals surface area contributed by atoms with Crippen molar-refractivity contribution in [1.82, 2.24) is 0 Å². The predicted molar refractivity (Wildman–Crippen MR) is 118 cm³/mol. The largest absolute Gasteiger partial charge is 0.494 e. The van der Waals surface area contributed by atoms with E-state index in [0.717, 1.165) is 6.07 Å². The Morgan fingerprint density at radius 3 is 2.33 bits per heavy atom. The Hall–Kier alpha value is -3.98. The first-order valence-electron chi connectivity index (χ1n) is 10.0. The SMILES string of the molecule is CCOc1ccc(NC(=O)COC(=O)c2ccc3c(c2)S(=O)(=O)c2ccccc2C3=O)cc1. The molecule has 3 aromatic carbocycles. The van der Waals surface area contributed by atoms with E-state index in [1.807, 2.05) is 6.92 Å². The molecule has 1 aliphatic heterocycles. The third-order valence-corrected chi connectivity index (χ3v) is 6.81. The summed E-state index contributed by atoms with van der Waals surface area (Å²) in [6, 6.07) is 16.3. The number of amides is 1. The number of rotatable bonds is 6. The molecule has 168 valence electrons. The van der Waals surface area contributed by atoms with Crippen molar-refractivity contribution in [3.8, 4) is 5.75 Å². The van der Waals surface area contributed by atoms with Crippen LogP contribution < -0.4 is 10.1 Å². The third kappa shape index (κ3) is 4.35. The molecule has 0 fully saturated rings. The maximum Gasteiger partial charge on any atom is 0.338 e. The number of sulfone groups is 1. The van der Waals surface area contributed by atoms with Gasteiger partial charge in [0, 0.05) is 16.8 Å². The molecule has 1 N–H and O–H groups in total. The van der Waals surface area contributed by atoms with E-state index in [-0.39, 0.29) is 26.5 Å². The highest BCUT2D eigenvalue weighted by atomic mass is 32.2. The first-order valence-corrected chi connectivity index (χ1v) is 11.5. The summed E-state index contributed by atoms with van der Waals surface area (Å²) < 4.78 is 36.3. The summed E-state index contributed by atoms with van der Waals surface area (Å²) in [5.41, 5.74) is 0.486. The number of fused-ring (bicyclic) bond motifs is 2. The van der Waals surface area contributed by atoms with Crippen LogP contribution in [0.1, 0.15) is 33.2 Å². The molecule has 0 saturated carbocycles. The molecule has 9 heteroatoms. The minimum absolute atomic E-state index is 0.0153. The van der Waals surface area contributed by atoms with Crippen molar-refractivity contribution in [2.75, 3.05) is 18.5 Å². The average Bonchev–Trinajstić information content (AvgIpc) is 2.82. The Kier molecular flexibility index (Phi) is 5.97. The molecule has 0 spiro atoms. The second kappa shape index (κ2) is 8.87. The second-order valence-corrected chi connectivity index (χ2v) is 9.01. The number of ketones is 1. The van der Waals surface area contributed by atoms with E-state index in [4.69, 9.17) is 9.47 Å². The van der Waals surface area contributed by atoms with Gasteiger partial charge in [-0.15, -0.1) is 0 Å². The van der Waals surface area contributed by atoms with E-state index < -0.39 is 34.1 Å². The van der Waals surface area contributed by atoms with Crippen LogP contribution in [0.3, 0.4) is 0 Å². The van der Waals surface area contributed by atoms with Crippen molar-refractivity contribution in [2.24, 2.45) is 0 Å². The lowest BCUT2D eigenvalue weighted by molar-refractivity contribution is -0.119. The van der Waals surface area contributed by atoms with Crippen molar-refractivity contribution >= 4 is 33.2 Å². The van der Waals surface area contributed by atoms with E-state index in [1.54, 1.807) is 30.3 Å². The van der Waals surface area contributed by atoms with Gasteiger partial charge in [-0.1, -0.05) is 12.1 Å². The van der Waals surface area contributed by atoms with Crippen LogP contribution in [-0.2, 0) is 19.4 Å². The fraction of sp³-hybridized carbons (Fsp3) is 0.125. The number of hydrogen-bond donors (Lipinski definition) is 1. The summed E-state index contributed by atoms with van der Waals surface area (Å²) in [4.78, 5) is 36.9. The van der Waals surface area contributed by atoms with E-state index >= 15 is 0 Å². The average molecular weight is 465 g/mol. The fourth-order valence-corrected chi connectivity index (χ4v) is 5.10. The number of benzene rings is 3. The number of anilines is 1. The summed E-state index contributed by atoms with van der Waals surface area (Å²) in [5, 5.41) is 2.59. The molecule has 0 radical (unpaired) electrons. The van der Waals surface area contributed by atoms with E-state index in [2.05, 4.69) is 5.32 Å². The van der Waals surface area contributed by atoms with Gasteiger partial charge >= 0.3 is 5.97 Å². The topological polar surface area (TPSA) is 116 Å². The molecule has 0 unspecified atom stereocenters. The van der Waals surface area contributed by atoms with Gasteiger partial charge < -0.3 is 14.8 Å². The number of carbonyl (C=O) groups excluding carboxylic acids is 3. The van der Waals surface area contributed by atoms with Gasteiger partial charge in [-0.2, -0.15) is 0 Å². The minimum atomic E-state index is -3.99. The molecule has 0 atom stereocenters. The minimum Gasteiger partial charge on any atom is -0.494 e. The second-order valence-electron chi connectivity index (χ2n) is 7.12. The molecule has 3 aromatic rings. The highest BCUT2D eigenvalue weighted by Gasteiger charge is 2.35. The lowest BCUT2D eigenvalue weighted by Crippen LogP contribution is -2.22. The fourth-order valence-electron chi connectivity index (χ4n) is 3.42. The van der Waals surface area contributed by atoms with Gasteiger partial charge in [0.2, 0.25) is 9.84 Å². The maximum atomic E-state index is 13.0. The molecular weight excluding hydrogens is 446 g/mol. The Morgan fingerprint density at radius 2 is 1.61 bits per heavy atom. The van der Waals surface area contributed by atoms with E-state index in [9.17, 15) is 22.8 Å². The molecular formula is C24H19NO7S. The number of nitrogens with one attached hydrogen (secondary N) is 1. The molecule has 0 saturated heterocycles. The van der Waals surface area contributed by atoms with Crippen LogP contribution >= 0.6 is 0 Å². The van der Waals surface area contributed by atoms with Crippen LogP contribution in [0.25, 0.3) is 0 Å². The van der Waals surface area contributed by atoms with Crippen LogP contribution in [0.5, 0.6) is 5.75 Å². The monoisotopic (exact) mass is 465 g/mol. The van der Waals surface area contributed by atoms with Gasteiger partial charge in [0.05, 0.1) is 22.0 Å². The van der Waals surface area contributed by atoms with E-state index in [1.165, 1.54) is 30.3 Å². The van der Waals surface area contributed by atoms with Crippen molar-refractivity contribution in [3.63, 3.8) is 0 Å². The molecule has 0 aliphatic carbocycles. The highest BCUT2D eigenvalue weighted by molar-refractivity contribution is 7.91. The quantitative estimate of drug-likeness (QED) is 0.435. The third-order valence-electron chi connectivity index (χ3n) is 4.96. The zero-order chi connectivity index (χ0) is 23.6.